The SMILES string of the molecule is CCN(CC)c1ccc([C@@H]2N(C(=O)c3ccccc3)CCN2S(=O)(=O)c2ccc(C)cc2)cc1. The lowest BCUT2D eigenvalue weighted by atomic mass is 10.1. The Hall–Kier alpha value is -3.16. The van der Waals surface area contributed by atoms with Crippen molar-refractivity contribution >= 4 is 21.6 Å². The Morgan fingerprint density at radius 2 is 1.50 bits per heavy atom. The summed E-state index contributed by atoms with van der Waals surface area (Å²) in [5.74, 6) is -0.181. The van der Waals surface area contributed by atoms with Gasteiger partial charge in [0.2, 0.25) is 10.0 Å². The fourth-order valence-electron chi connectivity index (χ4n) is 4.45. The van der Waals surface area contributed by atoms with E-state index in [0.29, 0.717) is 12.1 Å². The number of benzene rings is 3. The van der Waals surface area contributed by atoms with Gasteiger partial charge in [-0.05, 0) is 62.7 Å². The Kier molecular flexibility index (Phi) is 7.05. The van der Waals surface area contributed by atoms with Crippen LogP contribution in [0.3, 0.4) is 0 Å². The maximum absolute atomic E-state index is 13.7. The zero-order valence-electron chi connectivity index (χ0n) is 19.9. The summed E-state index contributed by atoms with van der Waals surface area (Å²) in [7, 11) is -3.81. The van der Waals surface area contributed by atoms with Crippen molar-refractivity contribution in [3.8, 4) is 0 Å². The van der Waals surface area contributed by atoms with Crippen molar-refractivity contribution in [2.45, 2.75) is 31.8 Å². The normalized spacial score (nSPS) is 16.6. The summed E-state index contributed by atoms with van der Waals surface area (Å²) in [6.45, 7) is 8.44. The molecule has 0 aromatic heterocycles. The smallest absolute Gasteiger partial charge is 0.255 e. The summed E-state index contributed by atoms with van der Waals surface area (Å²) in [6.07, 6.45) is -0.718. The number of hydrogen-bond donors (Lipinski definition) is 0. The molecule has 0 aliphatic carbocycles. The van der Waals surface area contributed by atoms with Gasteiger partial charge in [0, 0.05) is 37.4 Å². The van der Waals surface area contributed by atoms with E-state index >= 15 is 0 Å². The van der Waals surface area contributed by atoms with Gasteiger partial charge in [0.25, 0.3) is 5.91 Å². The second-order valence-corrected chi connectivity index (χ2v) is 10.3. The molecule has 0 spiro atoms. The van der Waals surface area contributed by atoms with Gasteiger partial charge in [-0.1, -0.05) is 48.0 Å². The van der Waals surface area contributed by atoms with Gasteiger partial charge in [0.15, 0.2) is 0 Å². The number of sulfonamides is 1. The molecule has 3 aromatic carbocycles. The van der Waals surface area contributed by atoms with E-state index in [2.05, 4.69) is 18.7 Å². The van der Waals surface area contributed by atoms with E-state index in [4.69, 9.17) is 0 Å². The van der Waals surface area contributed by atoms with Gasteiger partial charge in [-0.25, -0.2) is 8.42 Å². The molecule has 0 N–H and O–H groups in total. The molecule has 1 aliphatic rings. The van der Waals surface area contributed by atoms with Crippen LogP contribution in [0, 0.1) is 6.92 Å². The third-order valence-electron chi connectivity index (χ3n) is 6.36. The number of hydrogen-bond acceptors (Lipinski definition) is 4. The number of aryl methyl sites for hydroxylation is 1. The van der Waals surface area contributed by atoms with E-state index in [-0.39, 0.29) is 17.3 Å². The first-order valence-corrected chi connectivity index (χ1v) is 13.1. The van der Waals surface area contributed by atoms with Crippen LogP contribution in [-0.4, -0.2) is 49.7 Å². The van der Waals surface area contributed by atoms with Gasteiger partial charge in [0.05, 0.1) is 4.90 Å². The molecule has 4 rings (SSSR count). The number of carbonyl (C=O) groups excluding carboxylic acids is 1. The van der Waals surface area contributed by atoms with Gasteiger partial charge in [-0.3, -0.25) is 4.79 Å². The molecule has 1 amide bonds. The van der Waals surface area contributed by atoms with Crippen molar-refractivity contribution in [3.05, 3.63) is 95.6 Å². The minimum Gasteiger partial charge on any atom is -0.372 e. The molecule has 34 heavy (non-hydrogen) atoms. The van der Waals surface area contributed by atoms with E-state index in [1.807, 2.05) is 49.4 Å². The van der Waals surface area contributed by atoms with Gasteiger partial charge >= 0.3 is 0 Å². The average molecular weight is 478 g/mol. The number of nitrogens with zero attached hydrogens (tertiary/aromatic N) is 3. The first kappa shape index (κ1) is 24.0. The van der Waals surface area contributed by atoms with Crippen LogP contribution in [0.1, 0.15) is 41.5 Å². The molecular weight excluding hydrogens is 446 g/mol. The van der Waals surface area contributed by atoms with Crippen molar-refractivity contribution in [1.29, 1.82) is 0 Å². The number of anilines is 1. The van der Waals surface area contributed by atoms with Gasteiger partial charge in [-0.15, -0.1) is 0 Å². The van der Waals surface area contributed by atoms with Crippen molar-refractivity contribution in [2.75, 3.05) is 31.1 Å². The summed E-state index contributed by atoms with van der Waals surface area (Å²) < 4.78 is 28.8. The lowest BCUT2D eigenvalue weighted by molar-refractivity contribution is 0.0693. The van der Waals surface area contributed by atoms with Crippen LogP contribution < -0.4 is 4.90 Å². The first-order valence-electron chi connectivity index (χ1n) is 11.7. The molecule has 0 saturated carbocycles. The Morgan fingerprint density at radius 1 is 0.882 bits per heavy atom. The van der Waals surface area contributed by atoms with Crippen molar-refractivity contribution in [3.63, 3.8) is 0 Å². The molecule has 1 atom stereocenters. The Balaban J connectivity index is 1.76. The highest BCUT2D eigenvalue weighted by atomic mass is 32.2. The molecule has 6 nitrogen and oxygen atoms in total. The van der Waals surface area contributed by atoms with Crippen LogP contribution in [0.4, 0.5) is 5.69 Å². The molecule has 0 bridgehead atoms. The number of rotatable bonds is 7. The topological polar surface area (TPSA) is 60.9 Å². The fraction of sp³-hybridized carbons (Fsp3) is 0.296. The van der Waals surface area contributed by atoms with Crippen LogP contribution in [0.25, 0.3) is 0 Å². The molecule has 7 heteroatoms. The summed E-state index contributed by atoms with van der Waals surface area (Å²) >= 11 is 0. The Labute approximate surface area is 202 Å². The van der Waals surface area contributed by atoms with Gasteiger partial charge in [0.1, 0.15) is 6.17 Å². The molecule has 3 aromatic rings. The van der Waals surface area contributed by atoms with Crippen LogP contribution in [-0.2, 0) is 10.0 Å². The molecule has 1 saturated heterocycles. The van der Waals surface area contributed by atoms with E-state index in [1.165, 1.54) is 4.31 Å². The molecular formula is C27H31N3O3S. The second kappa shape index (κ2) is 9.99. The van der Waals surface area contributed by atoms with Crippen LogP contribution in [0.2, 0.25) is 0 Å². The monoisotopic (exact) mass is 477 g/mol. The maximum Gasteiger partial charge on any atom is 0.255 e. The van der Waals surface area contributed by atoms with Crippen molar-refractivity contribution < 1.29 is 13.2 Å². The summed E-state index contributed by atoms with van der Waals surface area (Å²) in [5, 5.41) is 0. The first-order chi connectivity index (χ1) is 16.4. The summed E-state index contributed by atoms with van der Waals surface area (Å²) in [4.78, 5) is 17.6. The zero-order chi connectivity index (χ0) is 24.3. The Bertz CT molecular complexity index is 1220. The summed E-state index contributed by atoms with van der Waals surface area (Å²) in [5.41, 5.74) is 3.38. The van der Waals surface area contributed by atoms with Crippen molar-refractivity contribution in [2.24, 2.45) is 0 Å². The molecule has 178 valence electrons. The van der Waals surface area contributed by atoms with Crippen LogP contribution >= 0.6 is 0 Å². The second-order valence-electron chi connectivity index (χ2n) is 8.43. The minimum absolute atomic E-state index is 0.181. The summed E-state index contributed by atoms with van der Waals surface area (Å²) in [6, 6.07) is 23.8. The largest absolute Gasteiger partial charge is 0.372 e. The van der Waals surface area contributed by atoms with Crippen molar-refractivity contribution in [1.82, 2.24) is 9.21 Å². The van der Waals surface area contributed by atoms with Gasteiger partial charge in [-0.2, -0.15) is 4.31 Å². The fourth-order valence-corrected chi connectivity index (χ4v) is 6.03. The molecule has 1 aliphatic heterocycles. The minimum atomic E-state index is -3.81. The van der Waals surface area contributed by atoms with E-state index in [9.17, 15) is 13.2 Å². The number of carbonyl (C=O) groups is 1. The predicted molar refractivity (Wildman–Crippen MR) is 135 cm³/mol. The lowest BCUT2D eigenvalue weighted by Gasteiger charge is -2.31. The number of amides is 1. The third-order valence-corrected chi connectivity index (χ3v) is 8.23. The maximum atomic E-state index is 13.7. The van der Waals surface area contributed by atoms with Crippen LogP contribution in [0.5, 0.6) is 0 Å². The average Bonchev–Trinajstić information content (AvgIpc) is 3.32. The molecule has 1 fully saturated rings. The quantitative estimate of drug-likeness (QED) is 0.496. The van der Waals surface area contributed by atoms with E-state index < -0.39 is 16.2 Å². The molecule has 1 heterocycles. The highest BCUT2D eigenvalue weighted by Crippen LogP contribution is 2.36. The highest BCUT2D eigenvalue weighted by molar-refractivity contribution is 7.89. The van der Waals surface area contributed by atoms with Gasteiger partial charge < -0.3 is 9.80 Å². The Morgan fingerprint density at radius 3 is 2.09 bits per heavy atom. The van der Waals surface area contributed by atoms with E-state index in [1.54, 1.807) is 41.3 Å². The highest BCUT2D eigenvalue weighted by Gasteiger charge is 2.43. The molecule has 0 radical (unpaired) electrons. The zero-order valence-corrected chi connectivity index (χ0v) is 20.7. The lowest BCUT2D eigenvalue weighted by Crippen LogP contribution is -2.38. The van der Waals surface area contributed by atoms with Crippen LogP contribution in [0.15, 0.2) is 83.8 Å². The predicted octanol–water partition coefficient (Wildman–Crippen LogP) is 4.69. The standard InChI is InChI=1S/C27H31N3O3S/c1-4-28(5-2)24-15-13-22(14-16-24)26-29(27(31)23-9-7-6-8-10-23)19-20-30(26)34(32,33)25-17-11-21(3)12-18-25/h6-18,26H,4-5,19-20H2,1-3H3/t26-/m1/s1. The van der Waals surface area contributed by atoms with E-state index in [0.717, 1.165) is 29.9 Å². The molecule has 0 unspecified atom stereocenters. The third kappa shape index (κ3) is 4.58.